The molecule has 2 aromatic carbocycles. The summed E-state index contributed by atoms with van der Waals surface area (Å²) in [6.45, 7) is 10.8. The van der Waals surface area contributed by atoms with Gasteiger partial charge in [0.2, 0.25) is 0 Å². The Balaban J connectivity index is 1.66. The van der Waals surface area contributed by atoms with Gasteiger partial charge in [0, 0.05) is 31.7 Å². The van der Waals surface area contributed by atoms with Crippen LogP contribution in [0.25, 0.3) is 5.76 Å². The first-order valence-corrected chi connectivity index (χ1v) is 13.5. The van der Waals surface area contributed by atoms with Gasteiger partial charge in [0.15, 0.2) is 0 Å². The fraction of sp³-hybridized carbons (Fsp3) is 0.467. The quantitative estimate of drug-likeness (QED) is 0.266. The van der Waals surface area contributed by atoms with E-state index < -0.39 is 17.7 Å². The summed E-state index contributed by atoms with van der Waals surface area (Å²) in [7, 11) is 0. The number of nitrogens with zero attached hydrogens (tertiary/aromatic N) is 2. The van der Waals surface area contributed by atoms with E-state index in [9.17, 15) is 14.7 Å². The van der Waals surface area contributed by atoms with Crippen LogP contribution in [0.2, 0.25) is 0 Å². The van der Waals surface area contributed by atoms with Crippen molar-refractivity contribution in [3.63, 3.8) is 0 Å². The highest BCUT2D eigenvalue weighted by molar-refractivity contribution is 6.46. The van der Waals surface area contributed by atoms with Crippen molar-refractivity contribution < 1.29 is 28.9 Å². The number of carbonyl (C=O) groups is 2. The summed E-state index contributed by atoms with van der Waals surface area (Å²) < 4.78 is 17.0. The number of aliphatic hydroxyl groups excluding tert-OH is 1. The van der Waals surface area contributed by atoms with E-state index >= 15 is 0 Å². The number of rotatable bonds is 11. The number of benzene rings is 2. The molecule has 1 N–H and O–H groups in total. The van der Waals surface area contributed by atoms with Gasteiger partial charge in [-0.1, -0.05) is 19.1 Å². The molecule has 2 aliphatic heterocycles. The number of amides is 1. The first-order valence-electron chi connectivity index (χ1n) is 13.5. The number of morpholine rings is 1. The van der Waals surface area contributed by atoms with E-state index in [-0.39, 0.29) is 17.4 Å². The van der Waals surface area contributed by atoms with Crippen LogP contribution in [0.1, 0.15) is 50.8 Å². The smallest absolute Gasteiger partial charge is 0.295 e. The third-order valence-corrected chi connectivity index (χ3v) is 6.66. The zero-order valence-corrected chi connectivity index (χ0v) is 22.5. The summed E-state index contributed by atoms with van der Waals surface area (Å²) in [4.78, 5) is 30.5. The van der Waals surface area contributed by atoms with E-state index in [0.29, 0.717) is 49.8 Å². The van der Waals surface area contributed by atoms with Crippen LogP contribution in [0.15, 0.2) is 54.1 Å². The summed E-state index contributed by atoms with van der Waals surface area (Å²) in [6, 6.07) is 13.6. The molecule has 2 heterocycles. The van der Waals surface area contributed by atoms with Crippen LogP contribution in [0.4, 0.5) is 0 Å². The Labute approximate surface area is 224 Å². The Morgan fingerprint density at radius 2 is 1.79 bits per heavy atom. The number of likely N-dealkylation sites (tertiary alicyclic amines) is 1. The van der Waals surface area contributed by atoms with Gasteiger partial charge in [0.25, 0.3) is 11.7 Å². The monoisotopic (exact) mass is 522 g/mol. The molecule has 0 aromatic heterocycles. The number of ketones is 1. The Hall–Kier alpha value is -3.36. The lowest BCUT2D eigenvalue weighted by Gasteiger charge is -2.29. The largest absolute Gasteiger partial charge is 0.507 e. The fourth-order valence-electron chi connectivity index (χ4n) is 4.86. The van der Waals surface area contributed by atoms with Gasteiger partial charge in [-0.3, -0.25) is 14.5 Å². The zero-order chi connectivity index (χ0) is 27.1. The summed E-state index contributed by atoms with van der Waals surface area (Å²) in [6.07, 6.45) is 1.58. The normalized spacial score (nSPS) is 19.8. The molecule has 2 fully saturated rings. The number of hydrogen-bond acceptors (Lipinski definition) is 7. The van der Waals surface area contributed by atoms with Crippen LogP contribution < -0.4 is 9.47 Å². The minimum atomic E-state index is -0.712. The average Bonchev–Trinajstić information content (AvgIpc) is 3.17. The van der Waals surface area contributed by atoms with Crippen molar-refractivity contribution in [1.82, 2.24) is 9.80 Å². The molecule has 0 aliphatic carbocycles. The van der Waals surface area contributed by atoms with E-state index in [1.54, 1.807) is 29.2 Å². The lowest BCUT2D eigenvalue weighted by Crippen LogP contribution is -2.38. The molecule has 8 heteroatoms. The van der Waals surface area contributed by atoms with Gasteiger partial charge >= 0.3 is 0 Å². The minimum Gasteiger partial charge on any atom is -0.507 e. The first kappa shape index (κ1) is 27.7. The van der Waals surface area contributed by atoms with E-state index in [1.165, 1.54) is 0 Å². The van der Waals surface area contributed by atoms with Crippen molar-refractivity contribution in [1.29, 1.82) is 0 Å². The third-order valence-electron chi connectivity index (χ3n) is 6.66. The Morgan fingerprint density at radius 1 is 1.05 bits per heavy atom. The molecule has 8 nitrogen and oxygen atoms in total. The lowest BCUT2D eigenvalue weighted by atomic mass is 9.95. The molecule has 2 aliphatic rings. The predicted octanol–water partition coefficient (Wildman–Crippen LogP) is 4.41. The highest BCUT2D eigenvalue weighted by atomic mass is 16.5. The number of hydrogen-bond donors (Lipinski definition) is 1. The molecular weight excluding hydrogens is 484 g/mol. The highest BCUT2D eigenvalue weighted by Gasteiger charge is 2.46. The standard InChI is InChI=1S/C30H38N2O6/c1-4-17-37-25-8-5-7-23(20-25)27-26(28(33)22-9-11-24(12-10-22)38-21(2)3)29(34)30(35)32(27)14-6-13-31-15-18-36-19-16-31/h5,7-12,20-21,27,33H,4,6,13-19H2,1-3H3/b28-26-. The van der Waals surface area contributed by atoms with Gasteiger partial charge in [-0.15, -0.1) is 0 Å². The summed E-state index contributed by atoms with van der Waals surface area (Å²) in [5.74, 6) is -0.143. The van der Waals surface area contributed by atoms with Crippen molar-refractivity contribution in [2.75, 3.05) is 46.0 Å². The second-order valence-electron chi connectivity index (χ2n) is 9.91. The van der Waals surface area contributed by atoms with E-state index in [1.807, 2.05) is 45.0 Å². The van der Waals surface area contributed by atoms with Crippen molar-refractivity contribution in [3.05, 3.63) is 65.2 Å². The molecule has 2 saturated heterocycles. The predicted molar refractivity (Wildman–Crippen MR) is 145 cm³/mol. The van der Waals surface area contributed by atoms with E-state index in [4.69, 9.17) is 14.2 Å². The van der Waals surface area contributed by atoms with Gasteiger partial charge in [-0.05, 0) is 68.7 Å². The Bertz CT molecular complexity index is 1140. The van der Waals surface area contributed by atoms with Gasteiger partial charge in [0.05, 0.1) is 37.5 Å². The van der Waals surface area contributed by atoms with Crippen LogP contribution in [-0.2, 0) is 14.3 Å². The van der Waals surface area contributed by atoms with Crippen LogP contribution in [0.3, 0.4) is 0 Å². The average molecular weight is 523 g/mol. The lowest BCUT2D eigenvalue weighted by molar-refractivity contribution is -0.140. The van der Waals surface area contributed by atoms with Crippen LogP contribution in [-0.4, -0.2) is 78.7 Å². The second kappa shape index (κ2) is 12.9. The topological polar surface area (TPSA) is 88.5 Å². The van der Waals surface area contributed by atoms with E-state index in [2.05, 4.69) is 4.90 Å². The number of carbonyl (C=O) groups excluding carboxylic acids is 2. The molecule has 4 rings (SSSR count). The first-order chi connectivity index (χ1) is 18.4. The molecule has 1 amide bonds. The summed E-state index contributed by atoms with van der Waals surface area (Å²) in [5.41, 5.74) is 1.27. The molecule has 1 unspecified atom stereocenters. The van der Waals surface area contributed by atoms with Gasteiger partial charge < -0.3 is 24.2 Å². The van der Waals surface area contributed by atoms with Crippen molar-refractivity contribution >= 4 is 17.4 Å². The Kier molecular flexibility index (Phi) is 9.42. The molecule has 0 bridgehead atoms. The molecular formula is C30H38N2O6. The van der Waals surface area contributed by atoms with Gasteiger partial charge in [-0.2, -0.15) is 0 Å². The van der Waals surface area contributed by atoms with Gasteiger partial charge in [0.1, 0.15) is 17.3 Å². The molecule has 204 valence electrons. The maximum absolute atomic E-state index is 13.4. The van der Waals surface area contributed by atoms with Crippen LogP contribution in [0.5, 0.6) is 11.5 Å². The minimum absolute atomic E-state index is 0.0134. The number of ether oxygens (including phenoxy) is 3. The van der Waals surface area contributed by atoms with Gasteiger partial charge in [-0.25, -0.2) is 0 Å². The number of Topliss-reactive ketones (excluding diaryl/α,β-unsaturated/α-hetero) is 1. The van der Waals surface area contributed by atoms with E-state index in [0.717, 1.165) is 31.6 Å². The molecule has 0 spiro atoms. The summed E-state index contributed by atoms with van der Waals surface area (Å²) >= 11 is 0. The third kappa shape index (κ3) is 6.55. The maximum atomic E-state index is 13.4. The molecule has 2 aromatic rings. The highest BCUT2D eigenvalue weighted by Crippen LogP contribution is 2.40. The Morgan fingerprint density at radius 3 is 2.47 bits per heavy atom. The molecule has 38 heavy (non-hydrogen) atoms. The second-order valence-corrected chi connectivity index (χ2v) is 9.91. The molecule has 1 atom stereocenters. The summed E-state index contributed by atoms with van der Waals surface area (Å²) in [5, 5.41) is 11.4. The van der Waals surface area contributed by atoms with Crippen LogP contribution in [0, 0.1) is 0 Å². The maximum Gasteiger partial charge on any atom is 0.295 e. The van der Waals surface area contributed by atoms with Crippen LogP contribution >= 0.6 is 0 Å². The molecule has 0 saturated carbocycles. The number of aliphatic hydroxyl groups is 1. The van der Waals surface area contributed by atoms with Crippen molar-refractivity contribution in [2.24, 2.45) is 0 Å². The molecule has 0 radical (unpaired) electrons. The fourth-order valence-corrected chi connectivity index (χ4v) is 4.86. The van der Waals surface area contributed by atoms with Crippen molar-refractivity contribution in [3.8, 4) is 11.5 Å². The SMILES string of the molecule is CCCOc1cccc(C2/C(=C(/O)c3ccc(OC(C)C)cc3)C(=O)C(=O)N2CCCN2CCOCC2)c1. The van der Waals surface area contributed by atoms with Crippen molar-refractivity contribution in [2.45, 2.75) is 45.8 Å². The zero-order valence-electron chi connectivity index (χ0n) is 22.5.